The lowest BCUT2D eigenvalue weighted by Gasteiger charge is -2.04. The average Bonchev–Trinajstić information content (AvgIpc) is 2.13. The highest BCUT2D eigenvalue weighted by atomic mass is 79.9. The number of phenols is 2. The number of aromatic hydroxyl groups is 2. The van der Waals surface area contributed by atoms with Crippen LogP contribution in [0.3, 0.4) is 0 Å². The fourth-order valence-electron chi connectivity index (χ4n) is 0.918. The Morgan fingerprint density at radius 2 is 1.93 bits per heavy atom. The van der Waals surface area contributed by atoms with E-state index in [1.54, 1.807) is 0 Å². The van der Waals surface area contributed by atoms with E-state index in [2.05, 4.69) is 15.9 Å². The summed E-state index contributed by atoms with van der Waals surface area (Å²) in [6.07, 6.45) is 0. The molecule has 3 N–H and O–H groups in total. The third kappa shape index (κ3) is 1.84. The Balaban J connectivity index is 3.59. The molecule has 8 heteroatoms. The molecule has 7 nitrogen and oxygen atoms in total. The molecule has 80 valence electrons. The van der Waals surface area contributed by atoms with Gasteiger partial charge in [-0.1, -0.05) is 0 Å². The Bertz CT molecular complexity index is 419. The van der Waals surface area contributed by atoms with Crippen LogP contribution in [0.15, 0.2) is 10.5 Å². The zero-order valence-electron chi connectivity index (χ0n) is 6.97. The summed E-state index contributed by atoms with van der Waals surface area (Å²) >= 11 is 2.65. The van der Waals surface area contributed by atoms with E-state index in [-0.39, 0.29) is 0 Å². The number of hydrogen-bond donors (Lipinski definition) is 3. The lowest BCUT2D eigenvalue weighted by atomic mass is 10.1. The number of halogens is 1. The predicted molar refractivity (Wildman–Crippen MR) is 51.1 cm³/mol. The quantitative estimate of drug-likeness (QED) is 0.556. The molecule has 0 aliphatic carbocycles. The van der Waals surface area contributed by atoms with Crippen molar-refractivity contribution in [2.45, 2.75) is 0 Å². The molecule has 1 aromatic rings. The number of benzene rings is 1. The van der Waals surface area contributed by atoms with E-state index in [9.17, 15) is 25.1 Å². The molecule has 0 amide bonds. The minimum atomic E-state index is -1.53. The molecule has 0 heterocycles. The lowest BCUT2D eigenvalue weighted by Crippen LogP contribution is -2.00. The molecule has 0 radical (unpaired) electrons. The summed E-state index contributed by atoms with van der Waals surface area (Å²) in [5.41, 5.74) is -1.46. The lowest BCUT2D eigenvalue weighted by molar-refractivity contribution is -0.386. The van der Waals surface area contributed by atoms with Crippen molar-refractivity contribution in [1.82, 2.24) is 0 Å². The van der Waals surface area contributed by atoms with Crippen LogP contribution in [-0.4, -0.2) is 26.2 Å². The van der Waals surface area contributed by atoms with Crippen LogP contribution in [-0.2, 0) is 0 Å². The van der Waals surface area contributed by atoms with E-state index in [0.29, 0.717) is 6.07 Å². The van der Waals surface area contributed by atoms with E-state index >= 15 is 0 Å². The minimum absolute atomic E-state index is 0.422. The zero-order chi connectivity index (χ0) is 11.7. The number of aromatic carboxylic acids is 1. The minimum Gasteiger partial charge on any atom is -0.506 e. The smallest absolute Gasteiger partial charge is 0.339 e. The first-order valence-corrected chi connectivity index (χ1v) is 4.27. The number of phenolic OH excluding ortho intramolecular Hbond substituents is 1. The highest BCUT2D eigenvalue weighted by Crippen LogP contribution is 2.42. The molecule has 1 rings (SSSR count). The van der Waals surface area contributed by atoms with Gasteiger partial charge in [-0.3, -0.25) is 10.1 Å². The molecular formula is C7H4BrNO6. The second-order valence-electron chi connectivity index (χ2n) is 2.52. The Hall–Kier alpha value is -1.83. The van der Waals surface area contributed by atoms with Crippen molar-refractivity contribution in [3.63, 3.8) is 0 Å². The number of carboxylic acid groups (broad SMARTS) is 1. The van der Waals surface area contributed by atoms with Crippen molar-refractivity contribution in [1.29, 1.82) is 0 Å². The summed E-state index contributed by atoms with van der Waals surface area (Å²) < 4.78 is -0.422. The van der Waals surface area contributed by atoms with Crippen molar-refractivity contribution < 1.29 is 25.0 Å². The number of carboxylic acids is 1. The summed E-state index contributed by atoms with van der Waals surface area (Å²) in [7, 11) is 0. The van der Waals surface area contributed by atoms with Gasteiger partial charge in [0.05, 0.1) is 4.92 Å². The van der Waals surface area contributed by atoms with Gasteiger partial charge in [-0.15, -0.1) is 0 Å². The number of hydrogen-bond acceptors (Lipinski definition) is 5. The van der Waals surface area contributed by atoms with Gasteiger partial charge in [-0.05, 0) is 15.9 Å². The van der Waals surface area contributed by atoms with Gasteiger partial charge in [-0.2, -0.15) is 0 Å². The maximum atomic E-state index is 10.6. The summed E-state index contributed by atoms with van der Waals surface area (Å²) in [4.78, 5) is 20.0. The van der Waals surface area contributed by atoms with E-state index < -0.39 is 38.1 Å². The van der Waals surface area contributed by atoms with Crippen LogP contribution >= 0.6 is 15.9 Å². The van der Waals surface area contributed by atoms with E-state index in [1.807, 2.05) is 0 Å². The third-order valence-corrected chi connectivity index (χ3v) is 2.37. The van der Waals surface area contributed by atoms with Crippen LogP contribution in [0.1, 0.15) is 10.4 Å². The number of nitrogens with zero attached hydrogens (tertiary/aromatic N) is 1. The molecule has 0 saturated carbocycles. The highest BCUT2D eigenvalue weighted by molar-refractivity contribution is 9.10. The molecule has 0 saturated heterocycles. The fraction of sp³-hybridized carbons (Fsp3) is 0. The topological polar surface area (TPSA) is 121 Å². The van der Waals surface area contributed by atoms with Gasteiger partial charge in [0.25, 0.3) is 0 Å². The molecule has 0 aliphatic rings. The summed E-state index contributed by atoms with van der Waals surface area (Å²) in [5, 5.41) is 37.5. The van der Waals surface area contributed by atoms with Crippen molar-refractivity contribution in [2.75, 3.05) is 0 Å². The number of nitro groups is 1. The Morgan fingerprint density at radius 1 is 1.40 bits per heavy atom. The Morgan fingerprint density at radius 3 is 2.33 bits per heavy atom. The van der Waals surface area contributed by atoms with Crippen LogP contribution < -0.4 is 0 Å². The molecule has 0 spiro atoms. The van der Waals surface area contributed by atoms with Crippen molar-refractivity contribution in [2.24, 2.45) is 0 Å². The van der Waals surface area contributed by atoms with Crippen LogP contribution in [0, 0.1) is 10.1 Å². The van der Waals surface area contributed by atoms with E-state index in [0.717, 1.165) is 0 Å². The molecule has 0 atom stereocenters. The number of carbonyl (C=O) groups is 1. The van der Waals surface area contributed by atoms with Crippen LogP contribution in [0.5, 0.6) is 11.5 Å². The van der Waals surface area contributed by atoms with Crippen LogP contribution in [0.2, 0.25) is 0 Å². The number of nitro benzene ring substituents is 1. The molecular weight excluding hydrogens is 274 g/mol. The normalized spacial score (nSPS) is 9.93. The highest BCUT2D eigenvalue weighted by Gasteiger charge is 2.25. The van der Waals surface area contributed by atoms with Crippen LogP contribution in [0.25, 0.3) is 0 Å². The number of rotatable bonds is 2. The molecule has 0 aromatic heterocycles. The zero-order valence-corrected chi connectivity index (χ0v) is 8.55. The van der Waals surface area contributed by atoms with Crippen LogP contribution in [0.4, 0.5) is 5.69 Å². The first-order valence-electron chi connectivity index (χ1n) is 3.48. The standard InChI is InChI=1S/C7H4BrNO6/c8-4-5(10)2(7(12)13)1-3(6(4)11)9(14)15/h1,10-11H,(H,12,13). The Labute approximate surface area is 90.9 Å². The second-order valence-corrected chi connectivity index (χ2v) is 3.31. The SMILES string of the molecule is O=C(O)c1cc([N+](=O)[O-])c(O)c(Br)c1O. The van der Waals surface area contributed by atoms with Crippen molar-refractivity contribution >= 4 is 27.6 Å². The van der Waals surface area contributed by atoms with Gasteiger partial charge in [-0.25, -0.2) is 4.79 Å². The maximum absolute atomic E-state index is 10.6. The molecule has 0 bridgehead atoms. The predicted octanol–water partition coefficient (Wildman–Crippen LogP) is 1.47. The Kier molecular flexibility index (Phi) is 2.80. The average molecular weight is 278 g/mol. The summed E-state index contributed by atoms with van der Waals surface area (Å²) in [6.45, 7) is 0. The van der Waals surface area contributed by atoms with E-state index in [4.69, 9.17) is 5.11 Å². The van der Waals surface area contributed by atoms with Crippen molar-refractivity contribution in [3.8, 4) is 11.5 Å². The van der Waals surface area contributed by atoms with E-state index in [1.165, 1.54) is 0 Å². The van der Waals surface area contributed by atoms with Gasteiger partial charge >= 0.3 is 11.7 Å². The van der Waals surface area contributed by atoms with Gasteiger partial charge in [0.2, 0.25) is 5.75 Å². The van der Waals surface area contributed by atoms with Gasteiger partial charge in [0.15, 0.2) is 0 Å². The van der Waals surface area contributed by atoms with Gasteiger partial charge in [0.1, 0.15) is 15.8 Å². The van der Waals surface area contributed by atoms with Gasteiger partial charge < -0.3 is 15.3 Å². The largest absolute Gasteiger partial charge is 0.506 e. The molecule has 0 fully saturated rings. The van der Waals surface area contributed by atoms with Crippen molar-refractivity contribution in [3.05, 3.63) is 26.2 Å². The fourth-order valence-corrected chi connectivity index (χ4v) is 1.34. The molecule has 0 unspecified atom stereocenters. The summed E-state index contributed by atoms with van der Waals surface area (Å²) in [5.74, 6) is -3.11. The van der Waals surface area contributed by atoms with Gasteiger partial charge in [0, 0.05) is 6.07 Å². The second kappa shape index (κ2) is 3.73. The monoisotopic (exact) mass is 277 g/mol. The molecule has 1 aromatic carbocycles. The first kappa shape index (κ1) is 11.2. The first-order chi connectivity index (χ1) is 6.86. The molecule has 15 heavy (non-hydrogen) atoms. The summed E-state index contributed by atoms with van der Waals surface area (Å²) in [6, 6.07) is 0.581. The third-order valence-electron chi connectivity index (χ3n) is 1.62. The maximum Gasteiger partial charge on any atom is 0.339 e. The molecule has 0 aliphatic heterocycles.